The third-order valence-corrected chi connectivity index (χ3v) is 5.43. The van der Waals surface area contributed by atoms with Crippen LogP contribution < -0.4 is 10.1 Å². The van der Waals surface area contributed by atoms with Gasteiger partial charge in [0.05, 0.1) is 23.7 Å². The smallest absolute Gasteiger partial charge is 0.238 e. The normalized spacial score (nSPS) is 12.6. The highest BCUT2D eigenvalue weighted by molar-refractivity contribution is 7.90. The molecule has 0 fully saturated rings. The molecule has 146 valence electrons. The van der Waals surface area contributed by atoms with Crippen LogP contribution in [-0.4, -0.2) is 45.7 Å². The van der Waals surface area contributed by atoms with E-state index in [0.717, 1.165) is 5.56 Å². The summed E-state index contributed by atoms with van der Waals surface area (Å²) in [4.78, 5) is 14.6. The number of rotatable bonds is 8. The molecule has 0 aliphatic carbocycles. The minimum atomic E-state index is -3.22. The second kappa shape index (κ2) is 9.01. The Hall–Kier alpha value is -2.38. The van der Waals surface area contributed by atoms with E-state index in [1.54, 1.807) is 30.3 Å². The molecule has 0 aliphatic rings. The van der Waals surface area contributed by atoms with Crippen molar-refractivity contribution in [3.05, 3.63) is 54.1 Å². The van der Waals surface area contributed by atoms with Gasteiger partial charge < -0.3 is 10.1 Å². The summed E-state index contributed by atoms with van der Waals surface area (Å²) < 4.78 is 28.7. The maximum absolute atomic E-state index is 12.4. The molecule has 27 heavy (non-hydrogen) atoms. The molecule has 0 bridgehead atoms. The van der Waals surface area contributed by atoms with E-state index in [1.807, 2.05) is 44.0 Å². The number of ether oxygens (including phenoxy) is 1. The van der Waals surface area contributed by atoms with E-state index in [0.29, 0.717) is 18.0 Å². The SMILES string of the molecule is CCOc1ccccc1NC(=O)CN(C)C(C)c1ccc(S(C)(=O)=O)cc1. The van der Waals surface area contributed by atoms with Crippen molar-refractivity contribution in [1.82, 2.24) is 4.90 Å². The summed E-state index contributed by atoms with van der Waals surface area (Å²) >= 11 is 0. The number of amides is 1. The van der Waals surface area contributed by atoms with Crippen LogP contribution in [0.5, 0.6) is 5.75 Å². The van der Waals surface area contributed by atoms with E-state index in [2.05, 4.69) is 5.32 Å². The molecule has 0 saturated carbocycles. The minimum Gasteiger partial charge on any atom is -0.492 e. The Bertz CT molecular complexity index is 879. The molecule has 0 saturated heterocycles. The summed E-state index contributed by atoms with van der Waals surface area (Å²) in [6, 6.07) is 14.0. The highest BCUT2D eigenvalue weighted by Crippen LogP contribution is 2.24. The lowest BCUT2D eigenvalue weighted by Crippen LogP contribution is -2.32. The van der Waals surface area contributed by atoms with Gasteiger partial charge in [0.2, 0.25) is 5.91 Å². The second-order valence-corrected chi connectivity index (χ2v) is 8.43. The van der Waals surface area contributed by atoms with Gasteiger partial charge in [-0.15, -0.1) is 0 Å². The van der Waals surface area contributed by atoms with Crippen LogP contribution in [0.1, 0.15) is 25.5 Å². The zero-order valence-electron chi connectivity index (χ0n) is 16.1. The second-order valence-electron chi connectivity index (χ2n) is 6.41. The molecular formula is C20H26N2O4S. The van der Waals surface area contributed by atoms with Crippen LogP contribution in [0, 0.1) is 0 Å². The fourth-order valence-corrected chi connectivity index (χ4v) is 3.28. The molecule has 7 heteroatoms. The van der Waals surface area contributed by atoms with E-state index in [9.17, 15) is 13.2 Å². The van der Waals surface area contributed by atoms with E-state index >= 15 is 0 Å². The Morgan fingerprint density at radius 1 is 1.15 bits per heavy atom. The molecule has 1 unspecified atom stereocenters. The van der Waals surface area contributed by atoms with Crippen LogP contribution in [0.25, 0.3) is 0 Å². The Labute approximate surface area is 161 Å². The third-order valence-electron chi connectivity index (χ3n) is 4.31. The average Bonchev–Trinajstić information content (AvgIpc) is 2.62. The van der Waals surface area contributed by atoms with Crippen molar-refractivity contribution in [1.29, 1.82) is 0 Å². The number of likely N-dealkylation sites (N-methyl/N-ethyl adjacent to an activating group) is 1. The fourth-order valence-electron chi connectivity index (χ4n) is 2.65. The van der Waals surface area contributed by atoms with Gasteiger partial charge >= 0.3 is 0 Å². The van der Waals surface area contributed by atoms with E-state index < -0.39 is 9.84 Å². The van der Waals surface area contributed by atoms with Crippen LogP contribution in [0.2, 0.25) is 0 Å². The van der Waals surface area contributed by atoms with Crippen molar-refractivity contribution in [2.45, 2.75) is 24.8 Å². The number of sulfone groups is 1. The van der Waals surface area contributed by atoms with Gasteiger partial charge in [-0.3, -0.25) is 9.69 Å². The maximum atomic E-state index is 12.4. The molecule has 0 heterocycles. The first-order valence-corrected chi connectivity index (χ1v) is 10.6. The van der Waals surface area contributed by atoms with Gasteiger partial charge in [-0.2, -0.15) is 0 Å². The van der Waals surface area contributed by atoms with Crippen molar-refractivity contribution in [3.8, 4) is 5.75 Å². The molecule has 0 spiro atoms. The van der Waals surface area contributed by atoms with Crippen molar-refractivity contribution in [2.24, 2.45) is 0 Å². The molecule has 2 aromatic carbocycles. The first-order valence-electron chi connectivity index (χ1n) is 8.74. The Morgan fingerprint density at radius 3 is 2.37 bits per heavy atom. The van der Waals surface area contributed by atoms with Gasteiger partial charge in [0.25, 0.3) is 0 Å². The minimum absolute atomic E-state index is 0.0495. The number of nitrogens with zero attached hydrogens (tertiary/aromatic N) is 1. The summed E-state index contributed by atoms with van der Waals surface area (Å²) in [6.07, 6.45) is 1.18. The van der Waals surface area contributed by atoms with Crippen LogP contribution in [0.3, 0.4) is 0 Å². The summed E-state index contributed by atoms with van der Waals surface area (Å²) in [7, 11) is -1.37. The van der Waals surface area contributed by atoms with Crippen LogP contribution in [0.15, 0.2) is 53.4 Å². The third kappa shape index (κ3) is 5.80. The first-order chi connectivity index (χ1) is 12.7. The predicted octanol–water partition coefficient (Wildman–Crippen LogP) is 3.12. The molecule has 0 radical (unpaired) electrons. The molecule has 1 N–H and O–H groups in total. The number of hydrogen-bond acceptors (Lipinski definition) is 5. The molecule has 1 atom stereocenters. The van der Waals surface area contributed by atoms with Crippen molar-refractivity contribution in [2.75, 3.05) is 31.8 Å². The zero-order chi connectivity index (χ0) is 20.0. The topological polar surface area (TPSA) is 75.7 Å². The van der Waals surface area contributed by atoms with E-state index in [4.69, 9.17) is 4.74 Å². The lowest BCUT2D eigenvalue weighted by Gasteiger charge is -2.25. The number of carbonyl (C=O) groups is 1. The fraction of sp³-hybridized carbons (Fsp3) is 0.350. The molecule has 2 rings (SSSR count). The number of nitrogens with one attached hydrogen (secondary N) is 1. The predicted molar refractivity (Wildman–Crippen MR) is 107 cm³/mol. The molecule has 6 nitrogen and oxygen atoms in total. The lowest BCUT2D eigenvalue weighted by molar-refractivity contribution is -0.117. The highest BCUT2D eigenvalue weighted by Gasteiger charge is 2.17. The van der Waals surface area contributed by atoms with Gasteiger partial charge in [-0.1, -0.05) is 24.3 Å². The van der Waals surface area contributed by atoms with Crippen LogP contribution >= 0.6 is 0 Å². The van der Waals surface area contributed by atoms with Gasteiger partial charge in [0, 0.05) is 12.3 Å². The number of benzene rings is 2. The largest absolute Gasteiger partial charge is 0.492 e. The van der Waals surface area contributed by atoms with Gasteiger partial charge in [-0.05, 0) is 50.7 Å². The first kappa shape index (κ1) is 20.9. The molecule has 0 aromatic heterocycles. The van der Waals surface area contributed by atoms with Gasteiger partial charge in [0.1, 0.15) is 5.75 Å². The van der Waals surface area contributed by atoms with E-state index in [-0.39, 0.29) is 23.4 Å². The number of hydrogen-bond donors (Lipinski definition) is 1. The Morgan fingerprint density at radius 2 is 1.78 bits per heavy atom. The van der Waals surface area contributed by atoms with Crippen molar-refractivity contribution >= 4 is 21.4 Å². The van der Waals surface area contributed by atoms with Crippen LogP contribution in [0.4, 0.5) is 5.69 Å². The summed E-state index contributed by atoms with van der Waals surface area (Å²) in [6.45, 7) is 4.57. The maximum Gasteiger partial charge on any atom is 0.238 e. The number of carbonyl (C=O) groups excluding carboxylic acids is 1. The molecule has 2 aromatic rings. The highest BCUT2D eigenvalue weighted by atomic mass is 32.2. The lowest BCUT2D eigenvalue weighted by atomic mass is 10.1. The molecule has 0 aliphatic heterocycles. The molecular weight excluding hydrogens is 364 g/mol. The zero-order valence-corrected chi connectivity index (χ0v) is 16.9. The summed E-state index contributed by atoms with van der Waals surface area (Å²) in [5.74, 6) is 0.490. The summed E-state index contributed by atoms with van der Waals surface area (Å²) in [5, 5.41) is 2.88. The van der Waals surface area contributed by atoms with Crippen molar-refractivity contribution < 1.29 is 17.9 Å². The monoisotopic (exact) mass is 390 g/mol. The molecule has 1 amide bonds. The standard InChI is InChI=1S/C20H26N2O4S/c1-5-26-19-9-7-6-8-18(19)21-20(23)14-22(3)15(2)16-10-12-17(13-11-16)27(4,24)25/h6-13,15H,5,14H2,1-4H3,(H,21,23). The summed E-state index contributed by atoms with van der Waals surface area (Å²) in [5.41, 5.74) is 1.58. The van der Waals surface area contributed by atoms with Crippen molar-refractivity contribution in [3.63, 3.8) is 0 Å². The quantitative estimate of drug-likeness (QED) is 0.749. The van der Waals surface area contributed by atoms with Gasteiger partial charge in [-0.25, -0.2) is 8.42 Å². The number of para-hydroxylation sites is 2. The Kier molecular flexibility index (Phi) is 6.98. The average molecular weight is 391 g/mol. The van der Waals surface area contributed by atoms with Crippen LogP contribution in [-0.2, 0) is 14.6 Å². The van der Waals surface area contributed by atoms with E-state index in [1.165, 1.54) is 6.26 Å². The van der Waals surface area contributed by atoms with Gasteiger partial charge in [0.15, 0.2) is 9.84 Å². The number of anilines is 1. The Balaban J connectivity index is 2.01.